The van der Waals surface area contributed by atoms with E-state index in [1.165, 1.54) is 26.4 Å². The lowest BCUT2D eigenvalue weighted by atomic mass is 9.86. The van der Waals surface area contributed by atoms with E-state index in [4.69, 9.17) is 25.8 Å². The maximum Gasteiger partial charge on any atom is 0.331 e. The lowest BCUT2D eigenvalue weighted by Crippen LogP contribution is -2.14. The third-order valence-corrected chi connectivity index (χ3v) is 4.57. The summed E-state index contributed by atoms with van der Waals surface area (Å²) in [5, 5.41) is 0.355. The molecule has 0 N–H and O–H groups in total. The first-order valence-corrected chi connectivity index (χ1v) is 9.43. The SMILES string of the molecule is COc1cc(/C=C/C(=O)OCC(=O)c2ccc(C(C)(C)C)cc2)cc(Cl)c1OC. The number of ether oxygens (including phenoxy) is 3. The molecule has 0 aliphatic heterocycles. The molecule has 0 fully saturated rings. The van der Waals surface area contributed by atoms with Crippen LogP contribution in [-0.2, 0) is 14.9 Å². The van der Waals surface area contributed by atoms with Gasteiger partial charge in [0.2, 0.25) is 0 Å². The van der Waals surface area contributed by atoms with Crippen molar-refractivity contribution in [3.63, 3.8) is 0 Å². The molecule has 0 aliphatic carbocycles. The van der Waals surface area contributed by atoms with Crippen LogP contribution in [0, 0.1) is 0 Å². The number of benzene rings is 2. The second-order valence-corrected chi connectivity index (χ2v) is 7.84. The van der Waals surface area contributed by atoms with Crippen LogP contribution in [0.3, 0.4) is 0 Å². The molecule has 6 heteroatoms. The van der Waals surface area contributed by atoms with E-state index in [1.54, 1.807) is 24.3 Å². The van der Waals surface area contributed by atoms with Crippen LogP contribution < -0.4 is 9.47 Å². The molecule has 0 unspecified atom stereocenters. The number of hydrogen-bond donors (Lipinski definition) is 0. The van der Waals surface area contributed by atoms with Gasteiger partial charge in [0.15, 0.2) is 23.9 Å². The highest BCUT2D eigenvalue weighted by molar-refractivity contribution is 6.32. The molecular weight excluding hydrogens is 392 g/mol. The molecule has 29 heavy (non-hydrogen) atoms. The number of carbonyl (C=O) groups is 2. The van der Waals surface area contributed by atoms with Gasteiger partial charge in [0.05, 0.1) is 19.2 Å². The number of rotatable bonds is 7. The Bertz CT molecular complexity index is 908. The van der Waals surface area contributed by atoms with Crippen LogP contribution in [0.4, 0.5) is 0 Å². The minimum absolute atomic E-state index is 0.00583. The van der Waals surface area contributed by atoms with Gasteiger partial charge in [-0.3, -0.25) is 4.79 Å². The maximum atomic E-state index is 12.2. The first kappa shape index (κ1) is 22.5. The summed E-state index contributed by atoms with van der Waals surface area (Å²) in [6.45, 7) is 5.97. The number of hydrogen-bond acceptors (Lipinski definition) is 5. The van der Waals surface area contributed by atoms with E-state index in [9.17, 15) is 9.59 Å². The Morgan fingerprint density at radius 3 is 2.24 bits per heavy atom. The molecular formula is C23H25ClO5. The summed E-state index contributed by atoms with van der Waals surface area (Å²) in [5.74, 6) is -0.0317. The quantitative estimate of drug-likeness (QED) is 0.357. The number of carbonyl (C=O) groups excluding carboxylic acids is 2. The highest BCUT2D eigenvalue weighted by Crippen LogP contribution is 2.36. The lowest BCUT2D eigenvalue weighted by Gasteiger charge is -2.18. The van der Waals surface area contributed by atoms with Gasteiger partial charge in [-0.2, -0.15) is 0 Å². The lowest BCUT2D eigenvalue weighted by molar-refractivity contribution is -0.136. The fourth-order valence-electron chi connectivity index (χ4n) is 2.62. The zero-order chi connectivity index (χ0) is 21.6. The topological polar surface area (TPSA) is 61.8 Å². The largest absolute Gasteiger partial charge is 0.493 e. The van der Waals surface area contributed by atoms with E-state index in [0.717, 1.165) is 5.56 Å². The first-order valence-electron chi connectivity index (χ1n) is 9.06. The Kier molecular flexibility index (Phi) is 7.46. The van der Waals surface area contributed by atoms with Crippen molar-refractivity contribution in [1.29, 1.82) is 0 Å². The van der Waals surface area contributed by atoms with Gasteiger partial charge in [-0.1, -0.05) is 56.6 Å². The number of halogens is 1. The van der Waals surface area contributed by atoms with Crippen LogP contribution in [0.25, 0.3) is 6.08 Å². The normalized spacial score (nSPS) is 11.4. The standard InChI is InChI=1S/C23H25ClO5/c1-23(2,3)17-9-7-16(8-10-17)19(25)14-29-21(26)11-6-15-12-18(24)22(28-5)20(13-15)27-4/h6-13H,14H2,1-5H3/b11-6+. The van der Waals surface area contributed by atoms with E-state index >= 15 is 0 Å². The molecule has 0 spiro atoms. The fraction of sp³-hybridized carbons (Fsp3) is 0.304. The molecule has 0 atom stereocenters. The Hall–Kier alpha value is -2.79. The zero-order valence-electron chi connectivity index (χ0n) is 17.2. The van der Waals surface area contributed by atoms with Crippen molar-refractivity contribution in [2.45, 2.75) is 26.2 Å². The highest BCUT2D eigenvalue weighted by Gasteiger charge is 2.15. The van der Waals surface area contributed by atoms with Crippen molar-refractivity contribution >= 4 is 29.4 Å². The fourth-order valence-corrected chi connectivity index (χ4v) is 2.92. The van der Waals surface area contributed by atoms with E-state index in [-0.39, 0.29) is 17.8 Å². The van der Waals surface area contributed by atoms with Gasteiger partial charge in [0, 0.05) is 11.6 Å². The molecule has 0 saturated carbocycles. The Morgan fingerprint density at radius 1 is 1.03 bits per heavy atom. The third kappa shape index (κ3) is 6.09. The van der Waals surface area contributed by atoms with Gasteiger partial charge in [-0.15, -0.1) is 0 Å². The Labute approximate surface area is 176 Å². The van der Waals surface area contributed by atoms with E-state index < -0.39 is 5.97 Å². The molecule has 0 saturated heterocycles. The third-order valence-electron chi connectivity index (χ3n) is 4.29. The van der Waals surface area contributed by atoms with E-state index in [2.05, 4.69) is 20.8 Å². The average Bonchev–Trinajstić information content (AvgIpc) is 2.69. The summed E-state index contributed by atoms with van der Waals surface area (Å²) in [6.07, 6.45) is 2.76. The molecule has 2 aromatic carbocycles. The first-order chi connectivity index (χ1) is 13.7. The van der Waals surface area contributed by atoms with Gasteiger partial charge in [-0.25, -0.2) is 4.79 Å². The number of methoxy groups -OCH3 is 2. The van der Waals surface area contributed by atoms with Crippen molar-refractivity contribution < 1.29 is 23.8 Å². The summed E-state index contributed by atoms with van der Waals surface area (Å²) < 4.78 is 15.4. The van der Waals surface area contributed by atoms with Crippen LogP contribution in [0.2, 0.25) is 5.02 Å². The molecule has 0 radical (unpaired) electrons. The monoisotopic (exact) mass is 416 g/mol. The summed E-state index contributed by atoms with van der Waals surface area (Å²) in [4.78, 5) is 24.2. The summed E-state index contributed by atoms with van der Waals surface area (Å²) in [6, 6.07) is 10.6. The second-order valence-electron chi connectivity index (χ2n) is 7.43. The molecule has 2 aromatic rings. The molecule has 0 aromatic heterocycles. The smallest absolute Gasteiger partial charge is 0.331 e. The van der Waals surface area contributed by atoms with Crippen molar-refractivity contribution in [1.82, 2.24) is 0 Å². The molecule has 5 nitrogen and oxygen atoms in total. The van der Waals surface area contributed by atoms with E-state index in [1.807, 2.05) is 12.1 Å². The second kappa shape index (κ2) is 9.61. The maximum absolute atomic E-state index is 12.2. The minimum Gasteiger partial charge on any atom is -0.493 e. The van der Waals surface area contributed by atoms with Crippen LogP contribution in [0.15, 0.2) is 42.5 Å². The molecule has 154 valence electrons. The molecule has 2 rings (SSSR count). The van der Waals surface area contributed by atoms with Crippen molar-refractivity contribution in [2.24, 2.45) is 0 Å². The van der Waals surface area contributed by atoms with Crippen molar-refractivity contribution in [3.8, 4) is 11.5 Å². The number of esters is 1. The predicted octanol–water partition coefficient (Wildman–Crippen LogP) is 5.09. The van der Waals surface area contributed by atoms with Crippen molar-refractivity contribution in [2.75, 3.05) is 20.8 Å². The van der Waals surface area contributed by atoms with Crippen LogP contribution >= 0.6 is 11.6 Å². The predicted molar refractivity (Wildman–Crippen MR) is 114 cm³/mol. The average molecular weight is 417 g/mol. The minimum atomic E-state index is -0.629. The summed E-state index contributed by atoms with van der Waals surface area (Å²) in [7, 11) is 2.99. The molecule has 0 amide bonds. The Balaban J connectivity index is 1.97. The summed E-state index contributed by atoms with van der Waals surface area (Å²) >= 11 is 6.14. The van der Waals surface area contributed by atoms with Crippen molar-refractivity contribution in [3.05, 3.63) is 64.2 Å². The van der Waals surface area contributed by atoms with Crippen LogP contribution in [0.1, 0.15) is 42.3 Å². The van der Waals surface area contributed by atoms with Crippen LogP contribution in [0.5, 0.6) is 11.5 Å². The summed E-state index contributed by atoms with van der Waals surface area (Å²) in [5.41, 5.74) is 2.27. The Morgan fingerprint density at radius 2 is 1.69 bits per heavy atom. The highest BCUT2D eigenvalue weighted by atomic mass is 35.5. The van der Waals surface area contributed by atoms with Gasteiger partial charge in [-0.05, 0) is 34.8 Å². The van der Waals surface area contributed by atoms with Crippen LogP contribution in [-0.4, -0.2) is 32.6 Å². The van der Waals surface area contributed by atoms with E-state index in [0.29, 0.717) is 27.6 Å². The molecule has 0 bridgehead atoms. The van der Waals surface area contributed by atoms with Gasteiger partial charge < -0.3 is 14.2 Å². The number of Topliss-reactive ketones (excluding diaryl/α,β-unsaturated/α-hetero) is 1. The molecule has 0 aliphatic rings. The molecule has 0 heterocycles. The van der Waals surface area contributed by atoms with Gasteiger partial charge in [0.1, 0.15) is 0 Å². The number of ketones is 1. The van der Waals surface area contributed by atoms with Gasteiger partial charge in [0.25, 0.3) is 0 Å². The zero-order valence-corrected chi connectivity index (χ0v) is 18.0. The van der Waals surface area contributed by atoms with Gasteiger partial charge >= 0.3 is 5.97 Å².